The summed E-state index contributed by atoms with van der Waals surface area (Å²) in [7, 11) is 2.94. The first-order valence-corrected chi connectivity index (χ1v) is 7.52. The highest BCUT2D eigenvalue weighted by atomic mass is 35.5. The number of halogens is 1. The van der Waals surface area contributed by atoms with E-state index in [9.17, 15) is 4.79 Å². The van der Waals surface area contributed by atoms with Crippen LogP contribution in [0.5, 0.6) is 5.75 Å². The highest BCUT2D eigenvalue weighted by Gasteiger charge is 2.17. The van der Waals surface area contributed by atoms with Gasteiger partial charge in [-0.2, -0.15) is 0 Å². The van der Waals surface area contributed by atoms with E-state index in [0.717, 1.165) is 29.8 Å². The highest BCUT2D eigenvalue weighted by Crippen LogP contribution is 2.24. The molecule has 0 aliphatic heterocycles. The van der Waals surface area contributed by atoms with Crippen molar-refractivity contribution in [1.82, 2.24) is 0 Å². The smallest absolute Gasteiger partial charge is 0.341 e. The summed E-state index contributed by atoms with van der Waals surface area (Å²) < 4.78 is 10.1. The molecule has 3 nitrogen and oxygen atoms in total. The van der Waals surface area contributed by atoms with E-state index in [1.54, 1.807) is 13.2 Å². The number of benzene rings is 2. The van der Waals surface area contributed by atoms with Gasteiger partial charge in [-0.25, -0.2) is 4.79 Å². The molecule has 2 rings (SSSR count). The molecule has 0 amide bonds. The molecule has 0 saturated carbocycles. The molecule has 0 atom stereocenters. The number of methoxy groups -OCH3 is 2. The average molecular weight is 319 g/mol. The molecule has 0 bridgehead atoms. The Morgan fingerprint density at radius 2 is 1.77 bits per heavy atom. The minimum atomic E-state index is -0.362. The normalized spacial score (nSPS) is 10.3. The lowest BCUT2D eigenvalue weighted by Gasteiger charge is -2.12. The van der Waals surface area contributed by atoms with Crippen molar-refractivity contribution >= 4 is 17.6 Å². The van der Waals surface area contributed by atoms with Gasteiger partial charge in [0.2, 0.25) is 0 Å². The van der Waals surface area contributed by atoms with Crippen LogP contribution in [0.2, 0.25) is 5.02 Å². The number of hydrogen-bond donors (Lipinski definition) is 0. The minimum Gasteiger partial charge on any atom is -0.496 e. The summed E-state index contributed by atoms with van der Waals surface area (Å²) in [6.45, 7) is 0. The Kier molecular flexibility index (Phi) is 5.84. The Hall–Kier alpha value is -2.00. The topological polar surface area (TPSA) is 35.5 Å². The van der Waals surface area contributed by atoms with Crippen molar-refractivity contribution in [2.24, 2.45) is 0 Å². The van der Waals surface area contributed by atoms with Gasteiger partial charge in [-0.05, 0) is 48.6 Å². The van der Waals surface area contributed by atoms with Crippen LogP contribution in [0.3, 0.4) is 0 Å². The molecular weight excluding hydrogens is 300 g/mol. The molecule has 0 spiro atoms. The van der Waals surface area contributed by atoms with E-state index >= 15 is 0 Å². The van der Waals surface area contributed by atoms with E-state index in [1.807, 2.05) is 36.4 Å². The lowest BCUT2D eigenvalue weighted by molar-refractivity contribution is 0.0595. The Labute approximate surface area is 135 Å². The first kappa shape index (κ1) is 16.4. The number of esters is 1. The minimum absolute atomic E-state index is 0.362. The summed E-state index contributed by atoms with van der Waals surface area (Å²) in [4.78, 5) is 12.0. The van der Waals surface area contributed by atoms with Gasteiger partial charge in [0.1, 0.15) is 11.3 Å². The first-order chi connectivity index (χ1) is 10.7. The number of ether oxygens (including phenoxy) is 2. The zero-order chi connectivity index (χ0) is 15.9. The van der Waals surface area contributed by atoms with E-state index in [2.05, 4.69) is 0 Å². The fraction of sp³-hybridized carbons (Fsp3) is 0.278. The van der Waals surface area contributed by atoms with E-state index in [-0.39, 0.29) is 5.97 Å². The third-order valence-electron chi connectivity index (χ3n) is 3.55. The quantitative estimate of drug-likeness (QED) is 0.744. The summed E-state index contributed by atoms with van der Waals surface area (Å²) in [6.07, 6.45) is 2.64. The van der Waals surface area contributed by atoms with Crippen LogP contribution in [-0.2, 0) is 17.6 Å². The molecule has 2 aromatic rings. The largest absolute Gasteiger partial charge is 0.496 e. The molecule has 22 heavy (non-hydrogen) atoms. The molecule has 116 valence electrons. The van der Waals surface area contributed by atoms with Gasteiger partial charge in [-0.3, -0.25) is 0 Å². The van der Waals surface area contributed by atoms with Crippen LogP contribution in [0.25, 0.3) is 0 Å². The van der Waals surface area contributed by atoms with Crippen molar-refractivity contribution < 1.29 is 14.3 Å². The van der Waals surface area contributed by atoms with Gasteiger partial charge in [-0.15, -0.1) is 0 Å². The molecule has 0 aliphatic rings. The Morgan fingerprint density at radius 3 is 2.41 bits per heavy atom. The van der Waals surface area contributed by atoms with Crippen molar-refractivity contribution in [2.45, 2.75) is 19.3 Å². The number of carbonyl (C=O) groups excluding carboxylic acids is 1. The molecule has 0 heterocycles. The van der Waals surface area contributed by atoms with Crippen LogP contribution in [0, 0.1) is 0 Å². The molecule has 0 aliphatic carbocycles. The maximum Gasteiger partial charge on any atom is 0.341 e. The van der Waals surface area contributed by atoms with Gasteiger partial charge < -0.3 is 9.47 Å². The third kappa shape index (κ3) is 4.01. The maximum atomic E-state index is 12.0. The third-order valence-corrected chi connectivity index (χ3v) is 3.80. The molecular formula is C18H19ClO3. The molecule has 0 N–H and O–H groups in total. The summed E-state index contributed by atoms with van der Waals surface area (Å²) >= 11 is 5.88. The fourth-order valence-corrected chi connectivity index (χ4v) is 2.55. The van der Waals surface area contributed by atoms with E-state index in [0.29, 0.717) is 11.3 Å². The fourth-order valence-electron chi connectivity index (χ4n) is 2.42. The SMILES string of the molecule is COC(=O)c1c(CCCc2ccc(Cl)cc2)cccc1OC. The lowest BCUT2D eigenvalue weighted by atomic mass is 9.99. The predicted octanol–water partition coefficient (Wildman–Crippen LogP) is 4.31. The van der Waals surface area contributed by atoms with Gasteiger partial charge in [0.15, 0.2) is 0 Å². The van der Waals surface area contributed by atoms with Gasteiger partial charge in [0.25, 0.3) is 0 Å². The number of hydrogen-bond acceptors (Lipinski definition) is 3. The molecule has 0 fully saturated rings. The van der Waals surface area contributed by atoms with Crippen LogP contribution in [0.1, 0.15) is 27.9 Å². The number of carbonyl (C=O) groups is 1. The van der Waals surface area contributed by atoms with Crippen LogP contribution >= 0.6 is 11.6 Å². The standard InChI is InChI=1S/C18H19ClO3/c1-21-16-8-4-7-14(17(16)18(20)22-2)6-3-5-13-9-11-15(19)12-10-13/h4,7-12H,3,5-6H2,1-2H3. The Bertz CT molecular complexity index is 635. The van der Waals surface area contributed by atoms with Gasteiger partial charge >= 0.3 is 5.97 Å². The summed E-state index contributed by atoms with van der Waals surface area (Å²) in [5, 5.41) is 0.740. The molecule has 0 aromatic heterocycles. The van der Waals surface area contributed by atoms with Crippen LogP contribution < -0.4 is 4.74 Å². The second kappa shape index (κ2) is 7.85. The second-order valence-electron chi connectivity index (χ2n) is 4.97. The highest BCUT2D eigenvalue weighted by molar-refractivity contribution is 6.30. The van der Waals surface area contributed by atoms with E-state index in [4.69, 9.17) is 21.1 Å². The van der Waals surface area contributed by atoms with Crippen molar-refractivity contribution in [3.05, 3.63) is 64.2 Å². The summed E-state index contributed by atoms with van der Waals surface area (Å²) in [5.74, 6) is 0.190. The number of rotatable bonds is 6. The summed E-state index contributed by atoms with van der Waals surface area (Å²) in [5.41, 5.74) is 2.69. The van der Waals surface area contributed by atoms with Crippen molar-refractivity contribution in [2.75, 3.05) is 14.2 Å². The van der Waals surface area contributed by atoms with Gasteiger partial charge in [0, 0.05) is 5.02 Å². The monoisotopic (exact) mass is 318 g/mol. The average Bonchev–Trinajstić information content (AvgIpc) is 2.55. The van der Waals surface area contributed by atoms with Crippen LogP contribution in [-0.4, -0.2) is 20.2 Å². The molecule has 0 radical (unpaired) electrons. The maximum absolute atomic E-state index is 12.0. The molecule has 0 unspecified atom stereocenters. The van der Waals surface area contributed by atoms with Crippen molar-refractivity contribution in [3.8, 4) is 5.75 Å². The van der Waals surface area contributed by atoms with Gasteiger partial charge in [0.05, 0.1) is 14.2 Å². The molecule has 4 heteroatoms. The van der Waals surface area contributed by atoms with Crippen molar-refractivity contribution in [1.29, 1.82) is 0 Å². The molecule has 0 saturated heterocycles. The van der Waals surface area contributed by atoms with Crippen LogP contribution in [0.4, 0.5) is 0 Å². The summed E-state index contributed by atoms with van der Waals surface area (Å²) in [6, 6.07) is 13.4. The zero-order valence-corrected chi connectivity index (χ0v) is 13.5. The predicted molar refractivity (Wildman–Crippen MR) is 87.8 cm³/mol. The number of aryl methyl sites for hydroxylation is 2. The zero-order valence-electron chi connectivity index (χ0n) is 12.8. The Morgan fingerprint density at radius 1 is 1.05 bits per heavy atom. The lowest BCUT2D eigenvalue weighted by Crippen LogP contribution is -2.08. The van der Waals surface area contributed by atoms with Gasteiger partial charge in [-0.1, -0.05) is 35.9 Å². The van der Waals surface area contributed by atoms with Crippen molar-refractivity contribution in [3.63, 3.8) is 0 Å². The second-order valence-corrected chi connectivity index (χ2v) is 5.40. The Balaban J connectivity index is 2.09. The first-order valence-electron chi connectivity index (χ1n) is 7.14. The van der Waals surface area contributed by atoms with E-state index in [1.165, 1.54) is 12.7 Å². The van der Waals surface area contributed by atoms with E-state index < -0.39 is 0 Å². The molecule has 2 aromatic carbocycles. The van der Waals surface area contributed by atoms with Crippen LogP contribution in [0.15, 0.2) is 42.5 Å².